The number of aromatic nitrogens is 2. The van der Waals surface area contributed by atoms with Crippen LogP contribution in [0.1, 0.15) is 35.7 Å². The second-order valence-electron chi connectivity index (χ2n) is 5.62. The highest BCUT2D eigenvalue weighted by atomic mass is 16.5. The molecule has 1 fully saturated rings. The first kappa shape index (κ1) is 11.7. The van der Waals surface area contributed by atoms with Crippen molar-refractivity contribution in [3.05, 3.63) is 45.5 Å². The lowest BCUT2D eigenvalue weighted by Crippen LogP contribution is -2.15. The smallest absolute Gasteiger partial charge is 0.254 e. The summed E-state index contributed by atoms with van der Waals surface area (Å²) in [5, 5.41) is 0. The number of hydrogen-bond acceptors (Lipinski definition) is 3. The molecule has 2 aromatic rings. The van der Waals surface area contributed by atoms with Gasteiger partial charge in [-0.3, -0.25) is 4.79 Å². The van der Waals surface area contributed by atoms with Crippen LogP contribution in [0, 0.1) is 6.92 Å². The van der Waals surface area contributed by atoms with Crippen LogP contribution in [0.3, 0.4) is 0 Å². The first-order chi connectivity index (χ1) is 9.72. The summed E-state index contributed by atoms with van der Waals surface area (Å²) in [6.45, 7) is 2.58. The fourth-order valence-corrected chi connectivity index (χ4v) is 2.71. The van der Waals surface area contributed by atoms with Crippen LogP contribution in [0.15, 0.2) is 23.0 Å². The molecular weight excluding hydrogens is 252 g/mol. The number of nitrogens with one attached hydrogen (secondary N) is 1. The van der Waals surface area contributed by atoms with E-state index < -0.39 is 0 Å². The molecule has 1 saturated carbocycles. The molecule has 102 valence electrons. The molecule has 0 saturated heterocycles. The van der Waals surface area contributed by atoms with Gasteiger partial charge in [-0.25, -0.2) is 4.98 Å². The minimum atomic E-state index is -0.0198. The molecule has 0 bridgehead atoms. The summed E-state index contributed by atoms with van der Waals surface area (Å²) in [7, 11) is 0. The Hall–Kier alpha value is -2.10. The van der Waals surface area contributed by atoms with Crippen LogP contribution in [0.2, 0.25) is 0 Å². The summed E-state index contributed by atoms with van der Waals surface area (Å²) in [6, 6.07) is 6.08. The molecule has 20 heavy (non-hydrogen) atoms. The van der Waals surface area contributed by atoms with Crippen LogP contribution in [-0.2, 0) is 6.42 Å². The summed E-state index contributed by atoms with van der Waals surface area (Å²) >= 11 is 0. The van der Waals surface area contributed by atoms with Gasteiger partial charge in [0.1, 0.15) is 11.6 Å². The molecular formula is C16H16N2O2. The summed E-state index contributed by atoms with van der Waals surface area (Å²) in [5.74, 6) is 2.24. The van der Waals surface area contributed by atoms with Gasteiger partial charge in [0.25, 0.3) is 5.56 Å². The normalized spacial score (nSPS) is 16.9. The first-order valence-electron chi connectivity index (χ1n) is 7.09. The highest BCUT2D eigenvalue weighted by molar-refractivity contribution is 5.65. The maximum absolute atomic E-state index is 12.1. The van der Waals surface area contributed by atoms with Crippen LogP contribution in [0.25, 0.3) is 11.3 Å². The maximum atomic E-state index is 12.1. The van der Waals surface area contributed by atoms with Gasteiger partial charge in [-0.1, -0.05) is 0 Å². The Morgan fingerprint density at radius 2 is 2.20 bits per heavy atom. The van der Waals surface area contributed by atoms with Gasteiger partial charge >= 0.3 is 0 Å². The molecule has 2 heterocycles. The Morgan fingerprint density at radius 3 is 3.00 bits per heavy atom. The third-order valence-corrected chi connectivity index (χ3v) is 4.10. The molecule has 1 aromatic carbocycles. The average molecular weight is 268 g/mol. The summed E-state index contributed by atoms with van der Waals surface area (Å²) < 4.78 is 5.53. The quantitative estimate of drug-likeness (QED) is 0.910. The van der Waals surface area contributed by atoms with E-state index in [0.717, 1.165) is 48.7 Å². The van der Waals surface area contributed by atoms with Gasteiger partial charge in [0.15, 0.2) is 0 Å². The van der Waals surface area contributed by atoms with E-state index in [4.69, 9.17) is 9.72 Å². The zero-order chi connectivity index (χ0) is 13.7. The molecule has 1 aliphatic carbocycles. The van der Waals surface area contributed by atoms with Gasteiger partial charge in [0.05, 0.1) is 12.3 Å². The van der Waals surface area contributed by atoms with Gasteiger partial charge in [-0.15, -0.1) is 0 Å². The van der Waals surface area contributed by atoms with E-state index in [0.29, 0.717) is 11.5 Å². The molecule has 0 radical (unpaired) electrons. The van der Waals surface area contributed by atoms with Crippen molar-refractivity contribution in [1.29, 1.82) is 0 Å². The SMILES string of the molecule is Cc1c(-c2ccc3c(c2)CCO3)nc(C2CC2)[nH]c1=O. The van der Waals surface area contributed by atoms with Gasteiger partial charge < -0.3 is 9.72 Å². The van der Waals surface area contributed by atoms with Crippen molar-refractivity contribution in [3.8, 4) is 17.0 Å². The highest BCUT2D eigenvalue weighted by Gasteiger charge is 2.27. The molecule has 1 aromatic heterocycles. The van der Waals surface area contributed by atoms with Crippen molar-refractivity contribution in [3.63, 3.8) is 0 Å². The van der Waals surface area contributed by atoms with E-state index in [9.17, 15) is 4.79 Å². The van der Waals surface area contributed by atoms with Crippen molar-refractivity contribution < 1.29 is 4.74 Å². The molecule has 0 unspecified atom stereocenters. The summed E-state index contributed by atoms with van der Waals surface area (Å²) in [4.78, 5) is 19.7. The monoisotopic (exact) mass is 268 g/mol. The Bertz CT molecular complexity index is 745. The average Bonchev–Trinajstić information content (AvgIpc) is 3.19. The Morgan fingerprint density at radius 1 is 1.35 bits per heavy atom. The number of hydrogen-bond donors (Lipinski definition) is 1. The molecule has 0 spiro atoms. The third kappa shape index (κ3) is 1.83. The predicted molar refractivity (Wildman–Crippen MR) is 76.2 cm³/mol. The van der Waals surface area contributed by atoms with E-state index in [1.165, 1.54) is 5.56 Å². The van der Waals surface area contributed by atoms with Crippen LogP contribution in [0.4, 0.5) is 0 Å². The highest BCUT2D eigenvalue weighted by Crippen LogP contribution is 2.38. The number of ether oxygens (including phenoxy) is 1. The minimum Gasteiger partial charge on any atom is -0.493 e. The second kappa shape index (κ2) is 4.20. The number of nitrogens with zero attached hydrogens (tertiary/aromatic N) is 1. The molecule has 4 nitrogen and oxygen atoms in total. The summed E-state index contributed by atoms with van der Waals surface area (Å²) in [5.41, 5.74) is 3.70. The largest absolute Gasteiger partial charge is 0.493 e. The van der Waals surface area contributed by atoms with Gasteiger partial charge in [0, 0.05) is 23.5 Å². The van der Waals surface area contributed by atoms with E-state index in [1.807, 2.05) is 19.1 Å². The molecule has 2 aliphatic rings. The number of H-pyrrole nitrogens is 1. The number of fused-ring (bicyclic) bond motifs is 1. The Kier molecular flexibility index (Phi) is 2.46. The lowest BCUT2D eigenvalue weighted by molar-refractivity contribution is 0.357. The number of rotatable bonds is 2. The Balaban J connectivity index is 1.86. The van der Waals surface area contributed by atoms with Crippen LogP contribution < -0.4 is 10.3 Å². The zero-order valence-corrected chi connectivity index (χ0v) is 11.4. The molecule has 4 heteroatoms. The second-order valence-corrected chi connectivity index (χ2v) is 5.62. The fourth-order valence-electron chi connectivity index (χ4n) is 2.71. The molecule has 0 amide bonds. The third-order valence-electron chi connectivity index (χ3n) is 4.10. The molecule has 1 N–H and O–H groups in total. The van der Waals surface area contributed by atoms with Crippen molar-refractivity contribution >= 4 is 0 Å². The minimum absolute atomic E-state index is 0.0198. The van der Waals surface area contributed by atoms with E-state index in [-0.39, 0.29) is 5.56 Å². The fraction of sp³-hybridized carbons (Fsp3) is 0.375. The maximum Gasteiger partial charge on any atom is 0.254 e. The lowest BCUT2D eigenvalue weighted by atomic mass is 10.0. The number of benzene rings is 1. The molecule has 4 rings (SSSR count). The predicted octanol–water partition coefficient (Wildman–Crippen LogP) is 2.56. The first-order valence-corrected chi connectivity index (χ1v) is 7.09. The topological polar surface area (TPSA) is 55.0 Å². The van der Waals surface area contributed by atoms with Crippen LogP contribution >= 0.6 is 0 Å². The van der Waals surface area contributed by atoms with E-state index in [2.05, 4.69) is 11.1 Å². The van der Waals surface area contributed by atoms with E-state index in [1.54, 1.807) is 0 Å². The van der Waals surface area contributed by atoms with Crippen molar-refractivity contribution in [2.24, 2.45) is 0 Å². The van der Waals surface area contributed by atoms with Gasteiger partial charge in [0.2, 0.25) is 0 Å². The van der Waals surface area contributed by atoms with Crippen LogP contribution in [-0.4, -0.2) is 16.6 Å². The number of aromatic amines is 1. The zero-order valence-electron chi connectivity index (χ0n) is 11.4. The van der Waals surface area contributed by atoms with Crippen molar-refractivity contribution in [2.75, 3.05) is 6.61 Å². The Labute approximate surface area is 116 Å². The standard InChI is InChI=1S/C16H16N2O2/c1-9-14(17-15(10-2-3-10)18-16(9)19)12-4-5-13-11(8-12)6-7-20-13/h4-5,8,10H,2-3,6-7H2,1H3,(H,17,18,19). The van der Waals surface area contributed by atoms with Gasteiger partial charge in [-0.05, 0) is 43.5 Å². The van der Waals surface area contributed by atoms with E-state index >= 15 is 0 Å². The van der Waals surface area contributed by atoms with Crippen molar-refractivity contribution in [2.45, 2.75) is 32.1 Å². The van der Waals surface area contributed by atoms with Crippen molar-refractivity contribution in [1.82, 2.24) is 9.97 Å². The summed E-state index contributed by atoms with van der Waals surface area (Å²) in [6.07, 6.45) is 3.19. The lowest BCUT2D eigenvalue weighted by Gasteiger charge is -2.08. The molecule has 0 atom stereocenters. The van der Waals surface area contributed by atoms with Crippen LogP contribution in [0.5, 0.6) is 5.75 Å². The molecule has 1 aliphatic heterocycles. The van der Waals surface area contributed by atoms with Gasteiger partial charge in [-0.2, -0.15) is 0 Å².